The third-order valence-corrected chi connectivity index (χ3v) is 7.14. The Morgan fingerprint density at radius 1 is 1.20 bits per heavy atom. The monoisotopic (exact) mass is 386 g/mol. The molecule has 0 atom stereocenters. The lowest BCUT2D eigenvalue weighted by atomic mass is 9.96. The SMILES string of the molecule is CCc1ccc(Cl)c(CC)c1NC(=O)C1CCN(S(=O)(=O)CC)CC1. The molecule has 5 nitrogen and oxygen atoms in total. The van der Waals surface area contributed by atoms with Crippen molar-refractivity contribution in [2.45, 2.75) is 46.5 Å². The fraction of sp³-hybridized carbons (Fsp3) is 0.611. The molecule has 0 aliphatic carbocycles. The van der Waals surface area contributed by atoms with Gasteiger partial charge in [-0.05, 0) is 49.8 Å². The predicted molar refractivity (Wildman–Crippen MR) is 103 cm³/mol. The van der Waals surface area contributed by atoms with E-state index in [1.54, 1.807) is 6.92 Å². The Labute approximate surface area is 155 Å². The van der Waals surface area contributed by atoms with Gasteiger partial charge in [-0.15, -0.1) is 0 Å². The second-order valence-electron chi connectivity index (χ2n) is 6.33. The summed E-state index contributed by atoms with van der Waals surface area (Å²) in [7, 11) is -3.17. The number of piperidine rings is 1. The highest BCUT2D eigenvalue weighted by molar-refractivity contribution is 7.89. The van der Waals surface area contributed by atoms with Crippen LogP contribution < -0.4 is 5.32 Å². The summed E-state index contributed by atoms with van der Waals surface area (Å²) in [4.78, 5) is 12.7. The van der Waals surface area contributed by atoms with Gasteiger partial charge in [0.15, 0.2) is 0 Å². The second kappa shape index (κ2) is 8.52. The van der Waals surface area contributed by atoms with Gasteiger partial charge in [0.1, 0.15) is 0 Å². The highest BCUT2D eigenvalue weighted by Crippen LogP contribution is 2.31. The van der Waals surface area contributed by atoms with Gasteiger partial charge in [-0.3, -0.25) is 4.79 Å². The van der Waals surface area contributed by atoms with Crippen molar-refractivity contribution in [1.82, 2.24) is 4.31 Å². The third kappa shape index (κ3) is 4.54. The predicted octanol–water partition coefficient (Wildman–Crippen LogP) is 3.47. The molecule has 0 radical (unpaired) electrons. The number of amides is 1. The molecule has 140 valence electrons. The summed E-state index contributed by atoms with van der Waals surface area (Å²) in [5.74, 6) is -0.108. The Morgan fingerprint density at radius 2 is 1.84 bits per heavy atom. The van der Waals surface area contributed by atoms with Gasteiger partial charge in [0, 0.05) is 29.7 Å². The molecule has 0 spiro atoms. The first-order chi connectivity index (χ1) is 11.8. The maximum Gasteiger partial charge on any atom is 0.227 e. The van der Waals surface area contributed by atoms with E-state index in [0.717, 1.165) is 29.7 Å². The number of halogens is 1. The van der Waals surface area contributed by atoms with Crippen LogP contribution in [0.1, 0.15) is 44.7 Å². The lowest BCUT2D eigenvalue weighted by Gasteiger charge is -2.30. The molecular weight excluding hydrogens is 360 g/mol. The van der Waals surface area contributed by atoms with E-state index in [1.165, 1.54) is 4.31 Å². The number of aryl methyl sites for hydroxylation is 1. The number of hydrogen-bond donors (Lipinski definition) is 1. The maximum atomic E-state index is 12.7. The minimum Gasteiger partial charge on any atom is -0.325 e. The molecule has 1 heterocycles. The van der Waals surface area contributed by atoms with Crippen molar-refractivity contribution in [3.05, 3.63) is 28.3 Å². The molecule has 1 N–H and O–H groups in total. The molecule has 1 aliphatic heterocycles. The van der Waals surface area contributed by atoms with Crippen molar-refractivity contribution in [3.63, 3.8) is 0 Å². The van der Waals surface area contributed by atoms with Crippen molar-refractivity contribution < 1.29 is 13.2 Å². The molecule has 1 aromatic carbocycles. The van der Waals surface area contributed by atoms with Crippen LogP contribution in [-0.4, -0.2) is 37.5 Å². The number of sulfonamides is 1. The summed E-state index contributed by atoms with van der Waals surface area (Å²) in [6.07, 6.45) is 2.66. The zero-order chi connectivity index (χ0) is 18.6. The minimum absolute atomic E-state index is 0.0415. The van der Waals surface area contributed by atoms with Crippen LogP contribution >= 0.6 is 11.6 Å². The zero-order valence-corrected chi connectivity index (χ0v) is 16.7. The normalized spacial score (nSPS) is 16.8. The fourth-order valence-corrected chi connectivity index (χ4v) is 4.69. The Morgan fingerprint density at radius 3 is 2.36 bits per heavy atom. The summed E-state index contributed by atoms with van der Waals surface area (Å²) in [6, 6.07) is 3.83. The first-order valence-corrected chi connectivity index (χ1v) is 10.9. The van der Waals surface area contributed by atoms with Crippen LogP contribution in [0.25, 0.3) is 0 Å². The van der Waals surface area contributed by atoms with E-state index in [4.69, 9.17) is 11.6 Å². The van der Waals surface area contributed by atoms with Gasteiger partial charge in [0.2, 0.25) is 15.9 Å². The Kier molecular flexibility index (Phi) is 6.88. The number of rotatable bonds is 6. The quantitative estimate of drug-likeness (QED) is 0.814. The summed E-state index contributed by atoms with van der Waals surface area (Å²) < 4.78 is 25.4. The molecule has 0 unspecified atom stereocenters. The molecule has 0 saturated carbocycles. The van der Waals surface area contributed by atoms with Gasteiger partial charge in [0.25, 0.3) is 0 Å². The average Bonchev–Trinajstić information content (AvgIpc) is 2.62. The smallest absolute Gasteiger partial charge is 0.227 e. The van der Waals surface area contributed by atoms with Crippen LogP contribution in [0.2, 0.25) is 5.02 Å². The molecule has 25 heavy (non-hydrogen) atoms. The van der Waals surface area contributed by atoms with E-state index in [2.05, 4.69) is 5.32 Å². The largest absolute Gasteiger partial charge is 0.325 e. The maximum absolute atomic E-state index is 12.7. The van der Waals surface area contributed by atoms with Gasteiger partial charge in [0.05, 0.1) is 5.75 Å². The van der Waals surface area contributed by atoms with E-state index < -0.39 is 10.0 Å². The number of anilines is 1. The molecule has 2 rings (SSSR count). The highest BCUT2D eigenvalue weighted by Gasteiger charge is 2.30. The first kappa shape index (κ1) is 20.2. The number of benzene rings is 1. The van der Waals surface area contributed by atoms with Gasteiger partial charge in [-0.1, -0.05) is 31.5 Å². The molecule has 1 aromatic rings. The number of carbonyl (C=O) groups excluding carboxylic acids is 1. The minimum atomic E-state index is -3.17. The molecule has 1 fully saturated rings. The zero-order valence-electron chi connectivity index (χ0n) is 15.1. The van der Waals surface area contributed by atoms with Gasteiger partial charge in [-0.2, -0.15) is 0 Å². The van der Waals surface area contributed by atoms with E-state index in [9.17, 15) is 13.2 Å². The van der Waals surface area contributed by atoms with Crippen LogP contribution in [0.5, 0.6) is 0 Å². The summed E-state index contributed by atoms with van der Waals surface area (Å²) in [5, 5.41) is 3.73. The van der Waals surface area contributed by atoms with Crippen LogP contribution in [-0.2, 0) is 27.7 Å². The number of carbonyl (C=O) groups is 1. The van der Waals surface area contributed by atoms with Gasteiger partial charge >= 0.3 is 0 Å². The molecule has 0 bridgehead atoms. The molecule has 7 heteroatoms. The molecular formula is C18H27ClN2O3S. The topological polar surface area (TPSA) is 66.5 Å². The molecule has 1 amide bonds. The van der Waals surface area contributed by atoms with Crippen molar-refractivity contribution in [2.75, 3.05) is 24.2 Å². The van der Waals surface area contributed by atoms with Gasteiger partial charge in [-0.25, -0.2) is 12.7 Å². The summed E-state index contributed by atoms with van der Waals surface area (Å²) in [5.41, 5.74) is 2.85. The Bertz CT molecular complexity index is 726. The average molecular weight is 387 g/mol. The van der Waals surface area contributed by atoms with Gasteiger partial charge < -0.3 is 5.32 Å². The first-order valence-electron chi connectivity index (χ1n) is 8.92. The van der Waals surface area contributed by atoms with Crippen molar-refractivity contribution in [2.24, 2.45) is 5.92 Å². The van der Waals surface area contributed by atoms with E-state index in [0.29, 0.717) is 31.0 Å². The summed E-state index contributed by atoms with van der Waals surface area (Å²) >= 11 is 6.29. The summed E-state index contributed by atoms with van der Waals surface area (Å²) in [6.45, 7) is 6.53. The van der Waals surface area contributed by atoms with Crippen molar-refractivity contribution >= 4 is 33.2 Å². The van der Waals surface area contributed by atoms with Crippen LogP contribution in [0.4, 0.5) is 5.69 Å². The standard InChI is InChI=1S/C18H27ClN2O3S/c1-4-13-7-8-16(19)15(5-2)17(13)20-18(22)14-9-11-21(12-10-14)25(23,24)6-3/h7-8,14H,4-6,9-12H2,1-3H3,(H,20,22). The van der Waals surface area contributed by atoms with Crippen LogP contribution in [0.15, 0.2) is 12.1 Å². The number of nitrogens with zero attached hydrogens (tertiary/aromatic N) is 1. The Hall–Kier alpha value is -1.11. The van der Waals surface area contributed by atoms with Crippen LogP contribution in [0.3, 0.4) is 0 Å². The fourth-order valence-electron chi connectivity index (χ4n) is 3.27. The second-order valence-corrected chi connectivity index (χ2v) is 9.00. The highest BCUT2D eigenvalue weighted by atomic mass is 35.5. The molecule has 1 saturated heterocycles. The van der Waals surface area contributed by atoms with Crippen LogP contribution in [0, 0.1) is 5.92 Å². The molecule has 1 aliphatic rings. The van der Waals surface area contributed by atoms with Crippen molar-refractivity contribution in [1.29, 1.82) is 0 Å². The Balaban J connectivity index is 2.11. The third-order valence-electron chi connectivity index (χ3n) is 4.91. The lowest BCUT2D eigenvalue weighted by molar-refractivity contribution is -0.120. The number of hydrogen-bond acceptors (Lipinski definition) is 3. The van der Waals surface area contributed by atoms with Crippen molar-refractivity contribution in [3.8, 4) is 0 Å². The van der Waals surface area contributed by atoms with E-state index in [1.807, 2.05) is 26.0 Å². The lowest BCUT2D eigenvalue weighted by Crippen LogP contribution is -2.42. The number of nitrogens with one attached hydrogen (secondary N) is 1. The van der Waals surface area contributed by atoms with E-state index >= 15 is 0 Å². The van der Waals surface area contributed by atoms with E-state index in [-0.39, 0.29) is 17.6 Å². The molecule has 0 aromatic heterocycles.